The Morgan fingerprint density at radius 2 is 1.67 bits per heavy atom. The van der Waals surface area contributed by atoms with E-state index in [1.165, 1.54) is 9.75 Å². The highest BCUT2D eigenvalue weighted by molar-refractivity contribution is 7.12. The van der Waals surface area contributed by atoms with Gasteiger partial charge in [-0.15, -0.1) is 11.3 Å². The van der Waals surface area contributed by atoms with E-state index in [9.17, 15) is 0 Å². The van der Waals surface area contributed by atoms with Crippen LogP contribution in [0.2, 0.25) is 0 Å². The first-order valence-electron chi connectivity index (χ1n) is 5.53. The molecule has 1 nitrogen and oxygen atoms in total. The molecule has 1 heterocycles. The molecule has 0 spiro atoms. The lowest BCUT2D eigenvalue weighted by Gasteiger charge is -2.20. The summed E-state index contributed by atoms with van der Waals surface area (Å²) in [5, 5.41) is 3.51. The van der Waals surface area contributed by atoms with Crippen LogP contribution in [0.4, 0.5) is 0 Å². The number of nitrogens with one attached hydrogen (secondary N) is 1. The molecule has 0 radical (unpaired) electrons. The van der Waals surface area contributed by atoms with Gasteiger partial charge >= 0.3 is 0 Å². The molecule has 0 unspecified atom stereocenters. The van der Waals surface area contributed by atoms with Gasteiger partial charge < -0.3 is 5.32 Å². The maximum Gasteiger partial charge on any atom is 0.0304 e. The normalized spacial score (nSPS) is 13.2. The summed E-state index contributed by atoms with van der Waals surface area (Å²) in [6.07, 6.45) is 0. The van der Waals surface area contributed by atoms with Crippen LogP contribution >= 0.6 is 11.3 Å². The van der Waals surface area contributed by atoms with E-state index >= 15 is 0 Å². The first-order valence-corrected chi connectivity index (χ1v) is 6.34. The smallest absolute Gasteiger partial charge is 0.0304 e. The van der Waals surface area contributed by atoms with Crippen LogP contribution in [0, 0.1) is 0 Å². The van der Waals surface area contributed by atoms with Gasteiger partial charge in [0.05, 0.1) is 0 Å². The molecule has 0 aromatic carbocycles. The summed E-state index contributed by atoms with van der Waals surface area (Å²) in [7, 11) is 0. The van der Waals surface area contributed by atoms with E-state index in [0.29, 0.717) is 0 Å². The zero-order valence-electron chi connectivity index (χ0n) is 10.8. The molecular weight excluding hydrogens is 202 g/mol. The van der Waals surface area contributed by atoms with Crippen LogP contribution in [0.3, 0.4) is 0 Å². The average Bonchev–Trinajstić information content (AvgIpc) is 2.45. The van der Waals surface area contributed by atoms with Crippen molar-refractivity contribution in [2.45, 2.75) is 59.0 Å². The quantitative estimate of drug-likeness (QED) is 0.804. The molecule has 1 rings (SSSR count). The van der Waals surface area contributed by atoms with Crippen molar-refractivity contribution in [1.82, 2.24) is 5.32 Å². The summed E-state index contributed by atoms with van der Waals surface area (Å²) >= 11 is 1.92. The highest BCUT2D eigenvalue weighted by Crippen LogP contribution is 2.29. The van der Waals surface area contributed by atoms with Crippen molar-refractivity contribution in [2.75, 3.05) is 0 Å². The minimum Gasteiger partial charge on any atom is -0.307 e. The van der Waals surface area contributed by atoms with Gasteiger partial charge in [0.2, 0.25) is 0 Å². The van der Waals surface area contributed by atoms with Gasteiger partial charge in [0.1, 0.15) is 0 Å². The summed E-state index contributed by atoms with van der Waals surface area (Å²) in [5.74, 6) is 0. The third-order valence-electron chi connectivity index (χ3n) is 2.19. The summed E-state index contributed by atoms with van der Waals surface area (Å²) in [6.45, 7) is 14.4. The predicted molar refractivity (Wildman–Crippen MR) is 69.6 cm³/mol. The molecule has 15 heavy (non-hydrogen) atoms. The third-order valence-corrected chi connectivity index (χ3v) is 3.70. The second-order valence-electron chi connectivity index (χ2n) is 6.12. The molecule has 0 atom stereocenters. The Labute approximate surface area is 97.9 Å². The van der Waals surface area contributed by atoms with Gasteiger partial charge in [-0.2, -0.15) is 0 Å². The second-order valence-corrected chi connectivity index (χ2v) is 7.29. The van der Waals surface area contributed by atoms with Gasteiger partial charge in [-0.1, -0.05) is 20.8 Å². The Balaban J connectivity index is 2.62. The lowest BCUT2D eigenvalue weighted by molar-refractivity contribution is 0.426. The van der Waals surface area contributed by atoms with Crippen LogP contribution < -0.4 is 5.32 Å². The Morgan fingerprint density at radius 1 is 1.07 bits per heavy atom. The van der Waals surface area contributed by atoms with Crippen LogP contribution in [-0.4, -0.2) is 5.54 Å². The minimum absolute atomic E-state index is 0.200. The molecule has 0 bridgehead atoms. The molecule has 0 aliphatic rings. The van der Waals surface area contributed by atoms with E-state index in [2.05, 4.69) is 59.0 Å². The SMILES string of the molecule is CC(C)(C)NCc1ccc(C(C)(C)C)s1. The molecule has 1 aromatic heterocycles. The van der Waals surface area contributed by atoms with Crippen LogP contribution in [-0.2, 0) is 12.0 Å². The molecule has 2 heteroatoms. The fraction of sp³-hybridized carbons (Fsp3) is 0.692. The molecule has 0 amide bonds. The van der Waals surface area contributed by atoms with Crippen molar-refractivity contribution in [3.8, 4) is 0 Å². The van der Waals surface area contributed by atoms with Gasteiger partial charge in [-0.3, -0.25) is 0 Å². The largest absolute Gasteiger partial charge is 0.307 e. The highest BCUT2D eigenvalue weighted by atomic mass is 32.1. The summed E-state index contributed by atoms with van der Waals surface area (Å²) in [6, 6.07) is 4.49. The van der Waals surface area contributed by atoms with Crippen LogP contribution in [0.25, 0.3) is 0 Å². The third kappa shape index (κ3) is 4.35. The van der Waals surface area contributed by atoms with Crippen molar-refractivity contribution in [1.29, 1.82) is 0 Å². The number of rotatable bonds is 2. The number of thiophene rings is 1. The number of hydrogen-bond donors (Lipinski definition) is 1. The highest BCUT2D eigenvalue weighted by Gasteiger charge is 2.16. The van der Waals surface area contributed by atoms with Gasteiger partial charge in [0.15, 0.2) is 0 Å². The molecule has 1 aromatic rings. The summed E-state index contributed by atoms with van der Waals surface area (Å²) in [5.41, 5.74) is 0.483. The predicted octanol–water partition coefficient (Wildman–Crippen LogP) is 3.93. The van der Waals surface area contributed by atoms with Crippen LogP contribution in [0.1, 0.15) is 51.3 Å². The van der Waals surface area contributed by atoms with E-state index in [-0.39, 0.29) is 11.0 Å². The van der Waals surface area contributed by atoms with E-state index in [4.69, 9.17) is 0 Å². The second kappa shape index (κ2) is 4.26. The van der Waals surface area contributed by atoms with Crippen molar-refractivity contribution < 1.29 is 0 Å². The van der Waals surface area contributed by atoms with Crippen molar-refractivity contribution in [3.05, 3.63) is 21.9 Å². The minimum atomic E-state index is 0.200. The van der Waals surface area contributed by atoms with Crippen molar-refractivity contribution in [3.63, 3.8) is 0 Å². The molecule has 86 valence electrons. The summed E-state index contributed by atoms with van der Waals surface area (Å²) in [4.78, 5) is 2.89. The maximum absolute atomic E-state index is 3.51. The van der Waals surface area contributed by atoms with Gasteiger partial charge in [0.25, 0.3) is 0 Å². The lowest BCUT2D eigenvalue weighted by atomic mass is 9.95. The fourth-order valence-corrected chi connectivity index (χ4v) is 2.23. The van der Waals surface area contributed by atoms with Gasteiger partial charge in [0, 0.05) is 21.8 Å². The molecule has 1 N–H and O–H groups in total. The van der Waals surface area contributed by atoms with Crippen LogP contribution in [0.5, 0.6) is 0 Å². The summed E-state index contributed by atoms with van der Waals surface area (Å²) < 4.78 is 0. The molecule has 0 saturated heterocycles. The van der Waals surface area contributed by atoms with Crippen LogP contribution in [0.15, 0.2) is 12.1 Å². The topological polar surface area (TPSA) is 12.0 Å². The molecule has 0 aliphatic heterocycles. The Bertz CT molecular complexity index is 312. The monoisotopic (exact) mass is 225 g/mol. The lowest BCUT2D eigenvalue weighted by Crippen LogP contribution is -2.34. The van der Waals surface area contributed by atoms with Gasteiger partial charge in [-0.05, 0) is 38.3 Å². The van der Waals surface area contributed by atoms with E-state index in [1.54, 1.807) is 0 Å². The van der Waals surface area contributed by atoms with E-state index in [0.717, 1.165) is 6.54 Å². The number of hydrogen-bond acceptors (Lipinski definition) is 2. The Hall–Kier alpha value is -0.340. The van der Waals surface area contributed by atoms with Crippen molar-refractivity contribution in [2.24, 2.45) is 0 Å². The molecule has 0 saturated carbocycles. The van der Waals surface area contributed by atoms with Gasteiger partial charge in [-0.25, -0.2) is 0 Å². The molecular formula is C13H23NS. The Kier molecular flexibility index (Phi) is 3.62. The standard InChI is InChI=1S/C13H23NS/c1-12(2,3)11-8-7-10(15-11)9-14-13(4,5)6/h7-8,14H,9H2,1-6H3. The fourth-order valence-electron chi connectivity index (χ4n) is 1.23. The van der Waals surface area contributed by atoms with E-state index in [1.807, 2.05) is 11.3 Å². The zero-order chi connectivity index (χ0) is 11.7. The van der Waals surface area contributed by atoms with E-state index < -0.39 is 0 Å². The van der Waals surface area contributed by atoms with Crippen molar-refractivity contribution >= 4 is 11.3 Å². The first kappa shape index (κ1) is 12.7. The Morgan fingerprint density at radius 3 is 2.07 bits per heavy atom. The average molecular weight is 225 g/mol. The first-order chi connectivity index (χ1) is 6.68. The zero-order valence-corrected chi connectivity index (χ0v) is 11.6. The maximum atomic E-state index is 3.51. The molecule has 0 aliphatic carbocycles. The molecule has 0 fully saturated rings.